The minimum absolute atomic E-state index is 0.0824. The van der Waals surface area contributed by atoms with Gasteiger partial charge in [0.25, 0.3) is 0 Å². The van der Waals surface area contributed by atoms with Gasteiger partial charge in [-0.15, -0.1) is 11.8 Å². The monoisotopic (exact) mass is 386 g/mol. The van der Waals surface area contributed by atoms with Gasteiger partial charge in [0.1, 0.15) is 5.82 Å². The molecule has 2 aromatic carbocycles. The van der Waals surface area contributed by atoms with Gasteiger partial charge in [0, 0.05) is 49.4 Å². The van der Waals surface area contributed by atoms with Crippen LogP contribution in [-0.2, 0) is 11.3 Å². The molecule has 1 saturated heterocycles. The zero-order chi connectivity index (χ0) is 19.1. The van der Waals surface area contributed by atoms with E-state index >= 15 is 0 Å². The molecule has 3 rings (SSSR count). The second-order valence-electron chi connectivity index (χ2n) is 6.99. The normalized spacial score (nSPS) is 14.2. The van der Waals surface area contributed by atoms with E-state index in [0.717, 1.165) is 18.7 Å². The highest BCUT2D eigenvalue weighted by Crippen LogP contribution is 2.23. The summed E-state index contributed by atoms with van der Waals surface area (Å²) in [6.07, 6.45) is 4.27. The third-order valence-corrected chi connectivity index (χ3v) is 5.96. The summed E-state index contributed by atoms with van der Waals surface area (Å²) in [5.41, 5.74) is 2.40. The van der Waals surface area contributed by atoms with Crippen molar-refractivity contribution in [2.45, 2.75) is 37.1 Å². The van der Waals surface area contributed by atoms with Crippen molar-refractivity contribution in [1.82, 2.24) is 4.90 Å². The first kappa shape index (κ1) is 19.7. The molecule has 3 nitrogen and oxygen atoms in total. The maximum absolute atomic E-state index is 13.6. The molecular formula is C22H27FN2OS. The molecule has 27 heavy (non-hydrogen) atoms. The van der Waals surface area contributed by atoms with E-state index in [9.17, 15) is 9.18 Å². The second-order valence-corrected chi connectivity index (χ2v) is 8.13. The molecule has 0 radical (unpaired) electrons. The first-order valence-electron chi connectivity index (χ1n) is 9.58. The van der Waals surface area contributed by atoms with Gasteiger partial charge < -0.3 is 9.80 Å². The van der Waals surface area contributed by atoms with Gasteiger partial charge in [-0.1, -0.05) is 24.3 Å². The number of carbonyl (C=O) groups excluding carboxylic acids is 1. The highest BCUT2D eigenvalue weighted by molar-refractivity contribution is 7.99. The molecule has 2 aromatic rings. The van der Waals surface area contributed by atoms with Crippen molar-refractivity contribution < 1.29 is 9.18 Å². The molecule has 1 heterocycles. The van der Waals surface area contributed by atoms with Gasteiger partial charge in [-0.05, 0) is 49.1 Å². The second kappa shape index (κ2) is 9.79. The Morgan fingerprint density at radius 2 is 1.78 bits per heavy atom. The molecule has 1 amide bonds. The summed E-state index contributed by atoms with van der Waals surface area (Å²) in [5.74, 6) is 0.439. The Bertz CT molecular complexity index is 744. The van der Waals surface area contributed by atoms with E-state index in [1.54, 1.807) is 17.0 Å². The molecule has 1 fully saturated rings. The van der Waals surface area contributed by atoms with Crippen LogP contribution < -0.4 is 4.90 Å². The average molecular weight is 387 g/mol. The Morgan fingerprint density at radius 1 is 1.07 bits per heavy atom. The van der Waals surface area contributed by atoms with Gasteiger partial charge in [0.2, 0.25) is 5.91 Å². The van der Waals surface area contributed by atoms with Gasteiger partial charge in [0.05, 0.1) is 0 Å². The number of hydrogen-bond acceptors (Lipinski definition) is 3. The zero-order valence-corrected chi connectivity index (χ0v) is 16.7. The number of rotatable bonds is 7. The summed E-state index contributed by atoms with van der Waals surface area (Å²) in [7, 11) is 1.83. The lowest BCUT2D eigenvalue weighted by atomic mass is 10.1. The fourth-order valence-corrected chi connectivity index (χ4v) is 4.20. The summed E-state index contributed by atoms with van der Waals surface area (Å²) in [6.45, 7) is 2.87. The number of anilines is 1. The van der Waals surface area contributed by atoms with E-state index in [-0.39, 0.29) is 11.7 Å². The molecule has 0 bridgehead atoms. The Balaban J connectivity index is 1.45. The molecule has 5 heteroatoms. The van der Waals surface area contributed by atoms with Crippen LogP contribution in [0, 0.1) is 5.82 Å². The summed E-state index contributed by atoms with van der Waals surface area (Å²) < 4.78 is 13.6. The largest absolute Gasteiger partial charge is 0.372 e. The number of piperidine rings is 1. The standard InChI is InChI=1S/C22H27FN2OS/c1-24(22(26)13-16-27-21-8-4-3-7-20(21)23)17-18-9-11-19(12-10-18)25-14-5-2-6-15-25/h3-4,7-12H,2,5-6,13-17H2,1H3. The van der Waals surface area contributed by atoms with E-state index in [0.29, 0.717) is 23.6 Å². The smallest absolute Gasteiger partial charge is 0.223 e. The molecule has 1 aliphatic heterocycles. The fraction of sp³-hybridized carbons (Fsp3) is 0.409. The Labute approximate surface area is 165 Å². The van der Waals surface area contributed by atoms with Gasteiger partial charge in [-0.3, -0.25) is 4.79 Å². The Kier molecular flexibility index (Phi) is 7.16. The van der Waals surface area contributed by atoms with Crippen LogP contribution in [0.4, 0.5) is 10.1 Å². The van der Waals surface area contributed by atoms with Crippen LogP contribution in [0.5, 0.6) is 0 Å². The SMILES string of the molecule is CN(Cc1ccc(N2CCCCC2)cc1)C(=O)CCSc1ccccc1F. The predicted molar refractivity (Wildman–Crippen MR) is 111 cm³/mol. The van der Waals surface area contributed by atoms with E-state index in [1.165, 1.54) is 42.8 Å². The number of nitrogens with zero attached hydrogens (tertiary/aromatic N) is 2. The molecule has 1 aliphatic rings. The van der Waals surface area contributed by atoms with E-state index in [4.69, 9.17) is 0 Å². The van der Waals surface area contributed by atoms with Crippen molar-refractivity contribution in [3.63, 3.8) is 0 Å². The number of thioether (sulfide) groups is 1. The van der Waals surface area contributed by atoms with Crippen LogP contribution in [-0.4, -0.2) is 36.7 Å². The molecule has 144 valence electrons. The maximum atomic E-state index is 13.6. The average Bonchev–Trinajstić information content (AvgIpc) is 2.70. The fourth-order valence-electron chi connectivity index (χ4n) is 3.33. The minimum Gasteiger partial charge on any atom is -0.372 e. The van der Waals surface area contributed by atoms with E-state index in [1.807, 2.05) is 13.1 Å². The van der Waals surface area contributed by atoms with Gasteiger partial charge in [-0.2, -0.15) is 0 Å². The van der Waals surface area contributed by atoms with Crippen molar-refractivity contribution in [2.75, 3.05) is 30.8 Å². The van der Waals surface area contributed by atoms with Crippen molar-refractivity contribution in [2.24, 2.45) is 0 Å². The summed E-state index contributed by atoms with van der Waals surface area (Å²) in [5, 5.41) is 0. The molecule has 0 saturated carbocycles. The van der Waals surface area contributed by atoms with E-state index in [2.05, 4.69) is 29.2 Å². The van der Waals surface area contributed by atoms with Crippen molar-refractivity contribution >= 4 is 23.4 Å². The summed E-state index contributed by atoms with van der Waals surface area (Å²) >= 11 is 1.39. The molecule has 0 atom stereocenters. The van der Waals surface area contributed by atoms with Crippen molar-refractivity contribution in [3.8, 4) is 0 Å². The molecule has 0 unspecified atom stereocenters. The highest BCUT2D eigenvalue weighted by atomic mass is 32.2. The lowest BCUT2D eigenvalue weighted by Crippen LogP contribution is -2.29. The van der Waals surface area contributed by atoms with Crippen molar-refractivity contribution in [1.29, 1.82) is 0 Å². The Morgan fingerprint density at radius 3 is 2.48 bits per heavy atom. The Hall–Kier alpha value is -2.01. The predicted octanol–water partition coefficient (Wildman–Crippen LogP) is 4.96. The molecule has 0 aliphatic carbocycles. The van der Waals surface area contributed by atoms with Gasteiger partial charge in [-0.25, -0.2) is 4.39 Å². The third-order valence-electron chi connectivity index (χ3n) is 4.91. The number of amides is 1. The van der Waals surface area contributed by atoms with Crippen LogP contribution >= 0.6 is 11.8 Å². The first-order chi connectivity index (χ1) is 13.1. The van der Waals surface area contributed by atoms with Gasteiger partial charge >= 0.3 is 0 Å². The molecule has 0 aromatic heterocycles. The molecular weight excluding hydrogens is 359 g/mol. The number of hydrogen-bond donors (Lipinski definition) is 0. The molecule has 0 N–H and O–H groups in total. The summed E-state index contributed by atoms with van der Waals surface area (Å²) in [6, 6.07) is 15.2. The number of benzene rings is 2. The van der Waals surface area contributed by atoms with Crippen LogP contribution in [0.3, 0.4) is 0 Å². The third kappa shape index (κ3) is 5.73. The van der Waals surface area contributed by atoms with Gasteiger partial charge in [0.15, 0.2) is 0 Å². The topological polar surface area (TPSA) is 23.6 Å². The van der Waals surface area contributed by atoms with Crippen molar-refractivity contribution in [3.05, 3.63) is 59.9 Å². The summed E-state index contributed by atoms with van der Waals surface area (Å²) in [4.78, 5) is 17.1. The minimum atomic E-state index is -0.225. The number of carbonyl (C=O) groups is 1. The lowest BCUT2D eigenvalue weighted by molar-refractivity contribution is -0.129. The van der Waals surface area contributed by atoms with Crippen LogP contribution in [0.15, 0.2) is 53.4 Å². The quantitative estimate of drug-likeness (QED) is 0.629. The highest BCUT2D eigenvalue weighted by Gasteiger charge is 2.13. The number of halogens is 1. The van der Waals surface area contributed by atoms with Crippen LogP contribution in [0.25, 0.3) is 0 Å². The lowest BCUT2D eigenvalue weighted by Gasteiger charge is -2.29. The first-order valence-corrected chi connectivity index (χ1v) is 10.6. The van der Waals surface area contributed by atoms with Crippen LogP contribution in [0.1, 0.15) is 31.2 Å². The van der Waals surface area contributed by atoms with E-state index < -0.39 is 0 Å². The zero-order valence-electron chi connectivity index (χ0n) is 15.9. The molecule has 0 spiro atoms. The maximum Gasteiger partial charge on any atom is 0.223 e. The van der Waals surface area contributed by atoms with Crippen LogP contribution in [0.2, 0.25) is 0 Å².